The topological polar surface area (TPSA) is 38.7 Å². The molecule has 44 heavy (non-hydrogen) atoms. The van der Waals surface area contributed by atoms with Crippen LogP contribution in [-0.4, -0.2) is 24.4 Å². The Labute approximate surface area is 261 Å². The molecule has 0 aromatic heterocycles. The molecule has 0 fully saturated rings. The summed E-state index contributed by atoms with van der Waals surface area (Å²) in [5.41, 5.74) is 2.07. The highest BCUT2D eigenvalue weighted by atomic mass is 31.1. The van der Waals surface area contributed by atoms with Crippen LogP contribution in [0.15, 0.2) is 158 Å². The lowest BCUT2D eigenvalue weighted by molar-refractivity contribution is 0.0643. The van der Waals surface area contributed by atoms with Gasteiger partial charge in [-0.1, -0.05) is 146 Å². The molecular weight excluding hydrogens is 578 g/mol. The maximum absolute atomic E-state index is 10.8. The van der Waals surface area contributed by atoms with Crippen molar-refractivity contribution in [3.8, 4) is 22.6 Å². The first-order valence-electron chi connectivity index (χ1n) is 14.8. The smallest absolute Gasteiger partial charge is 0.128 e. The van der Waals surface area contributed by atoms with Gasteiger partial charge in [-0.25, -0.2) is 0 Å². The molecule has 0 spiro atoms. The second kappa shape index (κ2) is 13.2. The lowest BCUT2D eigenvalue weighted by atomic mass is 10.0. The van der Waals surface area contributed by atoms with Gasteiger partial charge in [-0.15, -0.1) is 0 Å². The van der Waals surface area contributed by atoms with Gasteiger partial charge in [-0.3, -0.25) is 0 Å². The third kappa shape index (κ3) is 5.80. The first kappa shape index (κ1) is 28.5. The number of benzene rings is 6. The Hall–Kier alpha value is -4.26. The van der Waals surface area contributed by atoms with Gasteiger partial charge in [0, 0.05) is 11.1 Å². The molecule has 6 aromatic carbocycles. The highest BCUT2D eigenvalue weighted by Crippen LogP contribution is 2.47. The minimum Gasteiger partial charge on any atom is -0.490 e. The molecule has 0 unspecified atom stereocenters. The number of rotatable bonds is 6. The summed E-state index contributed by atoms with van der Waals surface area (Å²) < 4.78 is 12.9. The maximum Gasteiger partial charge on any atom is 0.128 e. The minimum atomic E-state index is -0.956. The number of hydrogen-bond acceptors (Lipinski definition) is 3. The SMILES string of the molecule is OC1COc2cccc(P(c3ccccc3)c3ccccc3)c2-c2c(cccc2P(c2ccccc2)c2ccccc2)OC1. The largest absolute Gasteiger partial charge is 0.490 e. The minimum absolute atomic E-state index is 0.153. The van der Waals surface area contributed by atoms with Crippen molar-refractivity contribution in [3.63, 3.8) is 0 Å². The van der Waals surface area contributed by atoms with Crippen molar-refractivity contribution < 1.29 is 14.6 Å². The molecule has 0 bridgehead atoms. The summed E-state index contributed by atoms with van der Waals surface area (Å²) in [5.74, 6) is 1.52. The van der Waals surface area contributed by atoms with E-state index >= 15 is 0 Å². The van der Waals surface area contributed by atoms with E-state index in [-0.39, 0.29) is 13.2 Å². The number of aliphatic hydroxyl groups is 1. The van der Waals surface area contributed by atoms with Crippen molar-refractivity contribution in [2.45, 2.75) is 6.10 Å². The summed E-state index contributed by atoms with van der Waals surface area (Å²) in [6.45, 7) is 0.307. The average Bonchev–Trinajstić information content (AvgIpc) is 3.16. The van der Waals surface area contributed by atoms with E-state index in [1.807, 2.05) is 12.1 Å². The average molecular weight is 611 g/mol. The standard InChI is InChI=1S/C39H32O3P2/c40-29-27-41-34-23-13-25-36(43(30-15-5-1-6-16-30)31-17-7-2-8-18-31)38(34)39-35(42-28-29)24-14-26-37(39)44(32-19-9-3-10-20-32)33-21-11-4-12-22-33/h1-26,29,40H,27-28H2. The highest BCUT2D eigenvalue weighted by molar-refractivity contribution is 7.80. The van der Waals surface area contributed by atoms with E-state index in [0.717, 1.165) is 22.6 Å². The first-order valence-corrected chi connectivity index (χ1v) is 17.5. The van der Waals surface area contributed by atoms with Gasteiger partial charge in [0.05, 0.1) is 0 Å². The second-order valence-corrected chi connectivity index (χ2v) is 15.0. The number of hydrogen-bond donors (Lipinski definition) is 1. The van der Waals surface area contributed by atoms with E-state index in [4.69, 9.17) is 9.47 Å². The molecule has 1 aliphatic rings. The van der Waals surface area contributed by atoms with Crippen LogP contribution in [0.25, 0.3) is 11.1 Å². The van der Waals surface area contributed by atoms with Gasteiger partial charge < -0.3 is 14.6 Å². The monoisotopic (exact) mass is 610 g/mol. The van der Waals surface area contributed by atoms with E-state index in [9.17, 15) is 5.11 Å². The van der Waals surface area contributed by atoms with Gasteiger partial charge >= 0.3 is 0 Å². The molecule has 1 N–H and O–H groups in total. The summed E-state index contributed by atoms with van der Waals surface area (Å²) in [6, 6.07) is 55.7. The fourth-order valence-electron chi connectivity index (χ4n) is 5.74. The van der Waals surface area contributed by atoms with Crippen molar-refractivity contribution >= 4 is 47.7 Å². The van der Waals surface area contributed by atoms with Crippen LogP contribution in [0.2, 0.25) is 0 Å². The zero-order valence-corrected chi connectivity index (χ0v) is 25.9. The maximum atomic E-state index is 10.8. The van der Waals surface area contributed by atoms with Crippen molar-refractivity contribution in [3.05, 3.63) is 158 Å². The molecule has 0 atom stereocenters. The van der Waals surface area contributed by atoms with Crippen molar-refractivity contribution in [2.24, 2.45) is 0 Å². The van der Waals surface area contributed by atoms with E-state index in [1.165, 1.54) is 31.8 Å². The predicted octanol–water partition coefficient (Wildman–Crippen LogP) is 6.00. The zero-order valence-electron chi connectivity index (χ0n) is 24.2. The van der Waals surface area contributed by atoms with Gasteiger partial charge in [0.1, 0.15) is 30.8 Å². The number of ether oxygens (including phenoxy) is 2. The molecule has 7 rings (SSSR count). The Morgan fingerprint density at radius 3 is 1.05 bits per heavy atom. The fraction of sp³-hybridized carbons (Fsp3) is 0.0769. The molecule has 0 amide bonds. The molecule has 1 aliphatic heterocycles. The van der Waals surface area contributed by atoms with Crippen molar-refractivity contribution in [1.82, 2.24) is 0 Å². The lowest BCUT2D eigenvalue weighted by Gasteiger charge is -2.28. The summed E-state index contributed by atoms with van der Waals surface area (Å²) in [5, 5.41) is 18.2. The summed E-state index contributed by atoms with van der Waals surface area (Å²) in [7, 11) is -1.91. The van der Waals surface area contributed by atoms with Crippen LogP contribution in [0.3, 0.4) is 0 Å². The molecule has 1 heterocycles. The lowest BCUT2D eigenvalue weighted by Crippen LogP contribution is -2.26. The van der Waals surface area contributed by atoms with Gasteiger partial charge in [0.15, 0.2) is 0 Å². The molecule has 3 nitrogen and oxygen atoms in total. The van der Waals surface area contributed by atoms with Gasteiger partial charge in [-0.05, 0) is 59.8 Å². The van der Waals surface area contributed by atoms with Crippen LogP contribution < -0.4 is 41.3 Å². The third-order valence-electron chi connectivity index (χ3n) is 7.66. The number of aliphatic hydroxyl groups excluding tert-OH is 1. The van der Waals surface area contributed by atoms with E-state index in [0.29, 0.717) is 0 Å². The first-order chi connectivity index (χ1) is 21.8. The van der Waals surface area contributed by atoms with Gasteiger partial charge in [0.25, 0.3) is 0 Å². The van der Waals surface area contributed by atoms with E-state index in [1.54, 1.807) is 0 Å². The zero-order chi connectivity index (χ0) is 29.7. The Balaban J connectivity index is 1.56. The third-order valence-corrected chi connectivity index (χ3v) is 12.6. The van der Waals surface area contributed by atoms with Crippen LogP contribution >= 0.6 is 15.8 Å². The summed E-state index contributed by atoms with van der Waals surface area (Å²) >= 11 is 0. The predicted molar refractivity (Wildman–Crippen MR) is 186 cm³/mol. The van der Waals surface area contributed by atoms with E-state index < -0.39 is 21.9 Å². The van der Waals surface area contributed by atoms with Gasteiger partial charge in [0.2, 0.25) is 0 Å². The molecular formula is C39H32O3P2. The van der Waals surface area contributed by atoms with Crippen LogP contribution in [0.1, 0.15) is 0 Å². The molecule has 6 aromatic rings. The molecule has 0 aliphatic carbocycles. The fourth-order valence-corrected chi connectivity index (χ4v) is 10.7. The molecule has 0 saturated carbocycles. The van der Waals surface area contributed by atoms with Crippen molar-refractivity contribution in [1.29, 1.82) is 0 Å². The van der Waals surface area contributed by atoms with Crippen LogP contribution in [0.4, 0.5) is 0 Å². The Kier molecular flexibility index (Phi) is 8.53. The Bertz CT molecular complexity index is 1620. The van der Waals surface area contributed by atoms with Crippen LogP contribution in [0.5, 0.6) is 11.5 Å². The van der Waals surface area contributed by atoms with Crippen LogP contribution in [-0.2, 0) is 0 Å². The van der Waals surface area contributed by atoms with Crippen molar-refractivity contribution in [2.75, 3.05) is 13.2 Å². The molecule has 0 radical (unpaired) electrons. The Morgan fingerprint density at radius 2 is 0.727 bits per heavy atom. The summed E-state index contributed by atoms with van der Waals surface area (Å²) in [6.07, 6.45) is -0.754. The molecule has 216 valence electrons. The molecule has 5 heteroatoms. The Morgan fingerprint density at radius 1 is 0.409 bits per heavy atom. The quantitative estimate of drug-likeness (QED) is 0.235. The highest BCUT2D eigenvalue weighted by Gasteiger charge is 2.31. The molecule has 0 saturated heterocycles. The van der Waals surface area contributed by atoms with E-state index in [2.05, 4.69) is 146 Å². The summed E-state index contributed by atoms with van der Waals surface area (Å²) in [4.78, 5) is 0. The second-order valence-electron chi connectivity index (χ2n) is 10.6. The van der Waals surface area contributed by atoms with Crippen LogP contribution in [0, 0.1) is 0 Å². The number of fused-ring (bicyclic) bond motifs is 3. The normalized spacial score (nSPS) is 13.2. The van der Waals surface area contributed by atoms with Gasteiger partial charge in [-0.2, -0.15) is 0 Å².